The van der Waals surface area contributed by atoms with E-state index >= 15 is 0 Å². The quantitative estimate of drug-likeness (QED) is 0.705. The number of hydrogen-bond donors (Lipinski definition) is 3. The largest absolute Gasteiger partial charge is 0.394 e. The summed E-state index contributed by atoms with van der Waals surface area (Å²) in [5.41, 5.74) is 0. The fraction of sp³-hybridized carbons (Fsp3) is 0.846. The summed E-state index contributed by atoms with van der Waals surface area (Å²) in [5.74, 6) is 1.22. The summed E-state index contributed by atoms with van der Waals surface area (Å²) >= 11 is 1.25. The zero-order valence-corrected chi connectivity index (χ0v) is 11.8. The van der Waals surface area contributed by atoms with Crippen LogP contribution in [0.15, 0.2) is 4.99 Å². The molecule has 0 aromatic heterocycles. The molecule has 1 saturated heterocycles. The molecular formula is C13H20N2O3S. The average Bonchev–Trinajstić information content (AvgIpc) is 3.05. The van der Waals surface area contributed by atoms with Gasteiger partial charge in [-0.3, -0.25) is 9.79 Å². The van der Waals surface area contributed by atoms with Crippen molar-refractivity contribution in [2.24, 2.45) is 16.8 Å². The van der Waals surface area contributed by atoms with Crippen LogP contribution in [0.1, 0.15) is 32.6 Å². The van der Waals surface area contributed by atoms with Crippen LogP contribution in [-0.2, 0) is 4.79 Å². The van der Waals surface area contributed by atoms with Gasteiger partial charge in [-0.1, -0.05) is 18.2 Å². The molecule has 0 unspecified atom stereocenters. The van der Waals surface area contributed by atoms with Gasteiger partial charge in [0.2, 0.25) is 5.91 Å². The van der Waals surface area contributed by atoms with Crippen molar-refractivity contribution in [3.8, 4) is 0 Å². The minimum absolute atomic E-state index is 0.263. The number of amides is 1. The first kappa shape index (κ1) is 13.4. The highest BCUT2D eigenvalue weighted by molar-refractivity contribution is 8.16. The fourth-order valence-electron chi connectivity index (χ4n) is 3.47. The van der Waals surface area contributed by atoms with Crippen LogP contribution in [-0.4, -0.2) is 44.8 Å². The van der Waals surface area contributed by atoms with Crippen molar-refractivity contribution >= 4 is 22.8 Å². The van der Waals surface area contributed by atoms with E-state index in [-0.39, 0.29) is 5.91 Å². The number of carbonyl (C=O) groups excluding carboxylic acids is 1. The first-order valence-corrected chi connectivity index (χ1v) is 7.71. The average molecular weight is 284 g/mol. The molecule has 0 aromatic rings. The molecule has 3 fully saturated rings. The maximum Gasteiger partial charge on any atom is 0.245 e. The molecule has 1 heterocycles. The minimum atomic E-state index is -1.06. The molecule has 2 bridgehead atoms. The lowest BCUT2D eigenvalue weighted by atomic mass is 9.96. The van der Waals surface area contributed by atoms with Crippen LogP contribution in [0.25, 0.3) is 0 Å². The number of aliphatic hydroxyl groups is 2. The number of fused-ring (bicyclic) bond motifs is 2. The first-order valence-electron chi connectivity index (χ1n) is 6.90. The van der Waals surface area contributed by atoms with E-state index in [1.54, 1.807) is 6.92 Å². The molecule has 6 heteroatoms. The van der Waals surface area contributed by atoms with Crippen molar-refractivity contribution in [2.75, 3.05) is 6.61 Å². The van der Waals surface area contributed by atoms with Gasteiger partial charge >= 0.3 is 0 Å². The van der Waals surface area contributed by atoms with Gasteiger partial charge in [0.05, 0.1) is 12.6 Å². The molecule has 3 aliphatic rings. The third-order valence-electron chi connectivity index (χ3n) is 4.77. The predicted molar refractivity (Wildman–Crippen MR) is 73.9 cm³/mol. The van der Waals surface area contributed by atoms with Gasteiger partial charge in [0, 0.05) is 0 Å². The van der Waals surface area contributed by atoms with Crippen molar-refractivity contribution in [3.05, 3.63) is 0 Å². The molecule has 5 atom stereocenters. The third kappa shape index (κ3) is 2.19. The summed E-state index contributed by atoms with van der Waals surface area (Å²) in [4.78, 5) is 16.6. The number of aliphatic hydroxyl groups excluding tert-OH is 2. The summed E-state index contributed by atoms with van der Waals surface area (Å²) in [6.07, 6.45) is 3.92. The van der Waals surface area contributed by atoms with E-state index in [1.807, 2.05) is 0 Å². The van der Waals surface area contributed by atoms with E-state index in [2.05, 4.69) is 10.3 Å². The Morgan fingerprint density at radius 2 is 2.32 bits per heavy atom. The normalized spacial score (nSPS) is 44.9. The van der Waals surface area contributed by atoms with Gasteiger partial charge in [-0.2, -0.15) is 0 Å². The standard InChI is InChI=1S/C13H20N2O3S/c1-13(10(17)6-16)11(18)15-12(19-13)14-9-5-7-2-3-8(9)4-7/h7-10,16-17H,2-6H2,1H3,(H,14,15,18)/t7-,8+,9+,10+,13+/m1/s1. The molecule has 2 saturated carbocycles. The van der Waals surface area contributed by atoms with Crippen molar-refractivity contribution < 1.29 is 15.0 Å². The molecule has 0 radical (unpaired) electrons. The van der Waals surface area contributed by atoms with Gasteiger partial charge in [-0.25, -0.2) is 0 Å². The highest BCUT2D eigenvalue weighted by atomic mass is 32.2. The number of rotatable bonds is 3. The van der Waals surface area contributed by atoms with E-state index in [9.17, 15) is 9.90 Å². The number of nitrogens with one attached hydrogen (secondary N) is 1. The van der Waals surface area contributed by atoms with Crippen LogP contribution in [0, 0.1) is 11.8 Å². The molecule has 19 heavy (non-hydrogen) atoms. The highest BCUT2D eigenvalue weighted by Gasteiger charge is 2.49. The Hall–Kier alpha value is -0.590. The Kier molecular flexibility index (Phi) is 3.35. The number of nitrogens with zero attached hydrogens (tertiary/aromatic N) is 1. The van der Waals surface area contributed by atoms with Crippen molar-refractivity contribution in [1.29, 1.82) is 0 Å². The summed E-state index contributed by atoms with van der Waals surface area (Å²) in [6, 6.07) is 0.329. The fourth-order valence-corrected chi connectivity index (χ4v) is 4.55. The summed E-state index contributed by atoms with van der Waals surface area (Å²) < 4.78 is -1.02. The smallest absolute Gasteiger partial charge is 0.245 e. The second-order valence-corrected chi connectivity index (χ2v) is 7.48. The second-order valence-electron chi connectivity index (χ2n) is 6.04. The van der Waals surface area contributed by atoms with E-state index in [0.29, 0.717) is 17.1 Å². The maximum atomic E-state index is 12.0. The van der Waals surface area contributed by atoms with Gasteiger partial charge in [0.15, 0.2) is 5.17 Å². The first-order chi connectivity index (χ1) is 9.03. The van der Waals surface area contributed by atoms with Crippen LogP contribution >= 0.6 is 11.8 Å². The molecule has 3 N–H and O–H groups in total. The number of carbonyl (C=O) groups is 1. The van der Waals surface area contributed by atoms with E-state index < -0.39 is 17.5 Å². The van der Waals surface area contributed by atoms with E-state index in [4.69, 9.17) is 5.11 Å². The molecule has 2 aliphatic carbocycles. The Morgan fingerprint density at radius 1 is 1.53 bits per heavy atom. The topological polar surface area (TPSA) is 81.9 Å². The lowest BCUT2D eigenvalue weighted by molar-refractivity contribution is -0.124. The lowest BCUT2D eigenvalue weighted by Gasteiger charge is -2.23. The molecule has 1 amide bonds. The SMILES string of the molecule is C[C@@]1([C@@H](O)CO)SC(=N[C@H]2C[C@@H]3CC[C@H]2C3)NC1=O. The van der Waals surface area contributed by atoms with Gasteiger partial charge in [-0.15, -0.1) is 0 Å². The Morgan fingerprint density at radius 3 is 2.89 bits per heavy atom. The summed E-state index contributed by atoms with van der Waals surface area (Å²) in [6.45, 7) is 1.23. The van der Waals surface area contributed by atoms with Crippen molar-refractivity contribution in [2.45, 2.75) is 49.5 Å². The highest BCUT2D eigenvalue weighted by Crippen LogP contribution is 2.46. The molecule has 1 aliphatic heterocycles. The van der Waals surface area contributed by atoms with Crippen molar-refractivity contribution in [1.82, 2.24) is 5.32 Å². The van der Waals surface area contributed by atoms with Crippen LogP contribution in [0.4, 0.5) is 0 Å². The van der Waals surface area contributed by atoms with Crippen LogP contribution < -0.4 is 5.32 Å². The van der Waals surface area contributed by atoms with Gasteiger partial charge in [-0.05, 0) is 38.0 Å². The van der Waals surface area contributed by atoms with Crippen LogP contribution in [0.3, 0.4) is 0 Å². The lowest BCUT2D eigenvalue weighted by Crippen LogP contribution is -2.45. The Labute approximate surface area is 116 Å². The number of thioether (sulfide) groups is 1. The number of amidine groups is 1. The van der Waals surface area contributed by atoms with Crippen molar-refractivity contribution in [3.63, 3.8) is 0 Å². The monoisotopic (exact) mass is 284 g/mol. The molecule has 106 valence electrons. The molecule has 3 rings (SSSR count). The summed E-state index contributed by atoms with van der Waals surface area (Å²) in [7, 11) is 0. The molecule has 0 spiro atoms. The van der Waals surface area contributed by atoms with Crippen LogP contribution in [0.5, 0.6) is 0 Å². The summed E-state index contributed by atoms with van der Waals surface area (Å²) in [5, 5.41) is 22.2. The minimum Gasteiger partial charge on any atom is -0.394 e. The maximum absolute atomic E-state index is 12.0. The Bertz CT molecular complexity index is 428. The number of hydrogen-bond acceptors (Lipinski definition) is 5. The molecule has 0 aromatic carbocycles. The second kappa shape index (κ2) is 4.75. The van der Waals surface area contributed by atoms with Gasteiger partial charge in [0.1, 0.15) is 10.9 Å². The molecule has 5 nitrogen and oxygen atoms in total. The molecular weight excluding hydrogens is 264 g/mol. The Balaban J connectivity index is 1.72. The predicted octanol–water partition coefficient (Wildman–Crippen LogP) is 0.506. The van der Waals surface area contributed by atoms with Gasteiger partial charge < -0.3 is 15.5 Å². The third-order valence-corrected chi connectivity index (χ3v) is 6.05. The zero-order valence-electron chi connectivity index (χ0n) is 11.0. The van der Waals surface area contributed by atoms with E-state index in [0.717, 1.165) is 12.3 Å². The van der Waals surface area contributed by atoms with Crippen LogP contribution in [0.2, 0.25) is 0 Å². The number of aliphatic imine (C=N–C) groups is 1. The van der Waals surface area contributed by atoms with Gasteiger partial charge in [0.25, 0.3) is 0 Å². The zero-order chi connectivity index (χ0) is 13.6. The van der Waals surface area contributed by atoms with E-state index in [1.165, 1.54) is 31.0 Å².